The highest BCUT2D eigenvalue weighted by Gasteiger charge is 2.37. The van der Waals surface area contributed by atoms with Crippen LogP contribution in [0.4, 0.5) is 0 Å². The van der Waals surface area contributed by atoms with Crippen LogP contribution in [0.1, 0.15) is 51.9 Å². The molecule has 1 saturated carbocycles. The maximum Gasteiger partial charge on any atom is 0.0589 e. The van der Waals surface area contributed by atoms with Gasteiger partial charge >= 0.3 is 0 Å². The molecule has 1 aliphatic heterocycles. The average molecular weight is 318 g/mol. The lowest BCUT2D eigenvalue weighted by atomic mass is 9.81. The van der Waals surface area contributed by atoms with E-state index < -0.39 is 0 Å². The number of likely N-dealkylation sites (tertiary alicyclic amines) is 1. The molecule has 18 heavy (non-hydrogen) atoms. The van der Waals surface area contributed by atoms with Crippen molar-refractivity contribution in [3.63, 3.8) is 0 Å². The third-order valence-electron chi connectivity index (χ3n) is 5.17. The SMILES string of the molecule is CC1CCN(CC2(CBr)CCCCCC2)C1CO. The van der Waals surface area contributed by atoms with Gasteiger partial charge < -0.3 is 5.11 Å². The minimum absolute atomic E-state index is 0.333. The highest BCUT2D eigenvalue weighted by molar-refractivity contribution is 9.09. The summed E-state index contributed by atoms with van der Waals surface area (Å²) in [6.45, 7) is 4.99. The van der Waals surface area contributed by atoms with Crippen molar-refractivity contribution < 1.29 is 5.11 Å². The zero-order valence-electron chi connectivity index (χ0n) is 11.7. The van der Waals surface area contributed by atoms with Gasteiger partial charge in [-0.25, -0.2) is 0 Å². The van der Waals surface area contributed by atoms with Gasteiger partial charge in [-0.2, -0.15) is 0 Å². The number of aliphatic hydroxyl groups excluding tert-OH is 1. The second-order valence-corrected chi connectivity index (χ2v) is 7.09. The van der Waals surface area contributed by atoms with Gasteiger partial charge in [0.05, 0.1) is 6.61 Å². The van der Waals surface area contributed by atoms with Crippen LogP contribution in [-0.2, 0) is 0 Å². The summed E-state index contributed by atoms with van der Waals surface area (Å²) in [5.74, 6) is 0.660. The lowest BCUT2D eigenvalue weighted by Crippen LogP contribution is -2.44. The first-order valence-electron chi connectivity index (χ1n) is 7.62. The Labute approximate surface area is 120 Å². The van der Waals surface area contributed by atoms with E-state index in [-0.39, 0.29) is 0 Å². The van der Waals surface area contributed by atoms with Gasteiger partial charge in [-0.3, -0.25) is 4.90 Å². The maximum absolute atomic E-state index is 9.60. The minimum Gasteiger partial charge on any atom is -0.395 e. The smallest absolute Gasteiger partial charge is 0.0589 e. The average Bonchev–Trinajstić information content (AvgIpc) is 2.60. The van der Waals surface area contributed by atoms with Crippen LogP contribution in [0.3, 0.4) is 0 Å². The Morgan fingerprint density at radius 1 is 1.22 bits per heavy atom. The molecule has 0 radical (unpaired) electrons. The molecule has 1 saturated heterocycles. The fourth-order valence-corrected chi connectivity index (χ4v) is 4.56. The molecule has 2 fully saturated rings. The van der Waals surface area contributed by atoms with E-state index in [0.29, 0.717) is 24.0 Å². The summed E-state index contributed by atoms with van der Waals surface area (Å²) in [6, 6.07) is 0.407. The van der Waals surface area contributed by atoms with Crippen molar-refractivity contribution >= 4 is 15.9 Å². The van der Waals surface area contributed by atoms with Gasteiger partial charge in [0, 0.05) is 17.9 Å². The number of hydrogen-bond acceptors (Lipinski definition) is 2. The van der Waals surface area contributed by atoms with Gasteiger partial charge in [0.2, 0.25) is 0 Å². The molecule has 0 aromatic rings. The number of aliphatic hydroxyl groups is 1. The molecular formula is C15H28BrNO. The second-order valence-electron chi connectivity index (χ2n) is 6.53. The molecular weight excluding hydrogens is 290 g/mol. The normalized spacial score (nSPS) is 33.5. The Morgan fingerprint density at radius 2 is 1.89 bits per heavy atom. The fraction of sp³-hybridized carbons (Fsp3) is 1.00. The molecule has 3 heteroatoms. The Kier molecular flexibility index (Phi) is 5.52. The highest BCUT2D eigenvalue weighted by atomic mass is 79.9. The van der Waals surface area contributed by atoms with Crippen LogP contribution in [0.25, 0.3) is 0 Å². The van der Waals surface area contributed by atoms with Gasteiger partial charge in [0.15, 0.2) is 0 Å². The predicted molar refractivity (Wildman–Crippen MR) is 80.2 cm³/mol. The summed E-state index contributed by atoms with van der Waals surface area (Å²) in [5.41, 5.74) is 0.466. The number of hydrogen-bond donors (Lipinski definition) is 1. The van der Waals surface area contributed by atoms with Crippen LogP contribution >= 0.6 is 15.9 Å². The van der Waals surface area contributed by atoms with Gasteiger partial charge in [0.25, 0.3) is 0 Å². The Bertz CT molecular complexity index is 251. The van der Waals surface area contributed by atoms with Crippen LogP contribution in [0.15, 0.2) is 0 Å². The molecule has 0 spiro atoms. The number of rotatable bonds is 4. The molecule has 2 atom stereocenters. The van der Waals surface area contributed by atoms with E-state index in [1.54, 1.807) is 0 Å². The quantitative estimate of drug-likeness (QED) is 0.634. The Morgan fingerprint density at radius 3 is 2.44 bits per heavy atom. The molecule has 0 bridgehead atoms. The summed E-state index contributed by atoms with van der Waals surface area (Å²) in [4.78, 5) is 2.57. The van der Waals surface area contributed by atoms with Crippen molar-refractivity contribution in [1.82, 2.24) is 4.90 Å². The molecule has 0 aromatic heterocycles. The Balaban J connectivity index is 2.00. The van der Waals surface area contributed by atoms with Crippen molar-refractivity contribution in [2.75, 3.05) is 25.0 Å². The van der Waals surface area contributed by atoms with Gasteiger partial charge in [-0.15, -0.1) is 0 Å². The molecule has 106 valence electrons. The molecule has 2 aliphatic rings. The minimum atomic E-state index is 0.333. The van der Waals surface area contributed by atoms with E-state index >= 15 is 0 Å². The van der Waals surface area contributed by atoms with E-state index in [4.69, 9.17) is 0 Å². The summed E-state index contributed by atoms with van der Waals surface area (Å²) >= 11 is 3.78. The molecule has 2 rings (SSSR count). The van der Waals surface area contributed by atoms with E-state index in [1.807, 2.05) is 0 Å². The molecule has 1 N–H and O–H groups in total. The maximum atomic E-state index is 9.60. The molecule has 2 unspecified atom stereocenters. The Hall–Kier alpha value is 0.400. The lowest BCUT2D eigenvalue weighted by molar-refractivity contribution is 0.0913. The van der Waals surface area contributed by atoms with Crippen LogP contribution in [0.5, 0.6) is 0 Å². The monoisotopic (exact) mass is 317 g/mol. The van der Waals surface area contributed by atoms with Crippen molar-refractivity contribution in [3.8, 4) is 0 Å². The first kappa shape index (κ1) is 14.8. The van der Waals surface area contributed by atoms with Crippen LogP contribution < -0.4 is 0 Å². The zero-order chi connectivity index (χ0) is 13.0. The summed E-state index contributed by atoms with van der Waals surface area (Å²) < 4.78 is 0. The predicted octanol–water partition coefficient (Wildman–Crippen LogP) is 3.42. The third kappa shape index (κ3) is 3.29. The van der Waals surface area contributed by atoms with E-state index in [0.717, 1.165) is 5.33 Å². The summed E-state index contributed by atoms with van der Waals surface area (Å²) in [6.07, 6.45) is 9.58. The first-order valence-corrected chi connectivity index (χ1v) is 8.74. The third-order valence-corrected chi connectivity index (χ3v) is 6.36. The number of halogens is 1. The summed E-state index contributed by atoms with van der Waals surface area (Å²) in [5, 5.41) is 10.7. The van der Waals surface area contributed by atoms with E-state index in [9.17, 15) is 5.11 Å². The number of alkyl halides is 1. The zero-order valence-corrected chi connectivity index (χ0v) is 13.3. The van der Waals surface area contributed by atoms with Gasteiger partial charge in [0.1, 0.15) is 0 Å². The number of nitrogens with zero attached hydrogens (tertiary/aromatic N) is 1. The van der Waals surface area contributed by atoms with Gasteiger partial charge in [-0.05, 0) is 37.1 Å². The van der Waals surface area contributed by atoms with Crippen LogP contribution in [0, 0.1) is 11.3 Å². The topological polar surface area (TPSA) is 23.5 Å². The van der Waals surface area contributed by atoms with Crippen molar-refractivity contribution in [2.45, 2.75) is 57.9 Å². The molecule has 0 amide bonds. The molecule has 2 nitrogen and oxygen atoms in total. The van der Waals surface area contributed by atoms with Crippen molar-refractivity contribution in [2.24, 2.45) is 11.3 Å². The molecule has 1 heterocycles. The standard InChI is InChI=1S/C15H28BrNO/c1-13-6-9-17(14(13)10-18)12-15(11-16)7-4-2-3-5-8-15/h13-14,18H,2-12H2,1H3. The van der Waals surface area contributed by atoms with E-state index in [1.165, 1.54) is 58.0 Å². The molecule has 1 aliphatic carbocycles. The van der Waals surface area contributed by atoms with Crippen molar-refractivity contribution in [1.29, 1.82) is 0 Å². The molecule has 0 aromatic carbocycles. The second kappa shape index (κ2) is 6.71. The highest BCUT2D eigenvalue weighted by Crippen LogP contribution is 2.39. The van der Waals surface area contributed by atoms with E-state index in [2.05, 4.69) is 27.8 Å². The van der Waals surface area contributed by atoms with Crippen LogP contribution in [-0.4, -0.2) is 41.1 Å². The van der Waals surface area contributed by atoms with Crippen LogP contribution in [0.2, 0.25) is 0 Å². The largest absolute Gasteiger partial charge is 0.395 e. The lowest BCUT2D eigenvalue weighted by Gasteiger charge is -2.37. The van der Waals surface area contributed by atoms with Crippen molar-refractivity contribution in [3.05, 3.63) is 0 Å². The summed E-state index contributed by atoms with van der Waals surface area (Å²) in [7, 11) is 0. The fourth-order valence-electron chi connectivity index (χ4n) is 3.82. The van der Waals surface area contributed by atoms with Gasteiger partial charge in [-0.1, -0.05) is 48.5 Å². The first-order chi connectivity index (χ1) is 8.71.